The van der Waals surface area contributed by atoms with E-state index in [1.54, 1.807) is 10.8 Å². The van der Waals surface area contributed by atoms with Gasteiger partial charge in [-0.1, -0.05) is 26.2 Å². The van der Waals surface area contributed by atoms with E-state index in [1.165, 1.54) is 6.92 Å². The number of carbonyl (C=O) groups is 2. The second-order valence-electron chi connectivity index (χ2n) is 12.9. The van der Waals surface area contributed by atoms with E-state index >= 15 is 0 Å². The Morgan fingerprint density at radius 3 is 2.39 bits per heavy atom. The number of amides is 1. The van der Waals surface area contributed by atoms with Crippen molar-refractivity contribution in [2.24, 2.45) is 5.92 Å². The van der Waals surface area contributed by atoms with Crippen LogP contribution in [0.4, 0.5) is 5.69 Å². The smallest absolute Gasteiger partial charge is 0.263 e. The van der Waals surface area contributed by atoms with Gasteiger partial charge in [-0.25, -0.2) is 9.97 Å². The number of piperidine rings is 1. The van der Waals surface area contributed by atoms with Crippen molar-refractivity contribution in [3.05, 3.63) is 57.5 Å². The van der Waals surface area contributed by atoms with Crippen LogP contribution in [0.15, 0.2) is 29.3 Å². The summed E-state index contributed by atoms with van der Waals surface area (Å²) >= 11 is 0. The van der Waals surface area contributed by atoms with Gasteiger partial charge in [0.2, 0.25) is 5.91 Å². The van der Waals surface area contributed by atoms with Crippen LogP contribution in [0.1, 0.15) is 92.3 Å². The SMILES string of the molecule is CCC1CCN(CCN2CCN(c3ccc(Cc4ncc5c(C)c(C(C)=O)c(=O)n(C6CCCC6)c5n4)nc3)CC2)C(=O)C1. The van der Waals surface area contributed by atoms with E-state index in [2.05, 4.69) is 32.7 Å². The Hall–Kier alpha value is -3.66. The van der Waals surface area contributed by atoms with Gasteiger partial charge >= 0.3 is 0 Å². The second-order valence-corrected chi connectivity index (χ2v) is 12.9. The average Bonchev–Trinajstić information content (AvgIpc) is 3.55. The molecule has 44 heavy (non-hydrogen) atoms. The Bertz CT molecular complexity index is 1570. The van der Waals surface area contributed by atoms with Gasteiger partial charge < -0.3 is 9.80 Å². The lowest BCUT2D eigenvalue weighted by Crippen LogP contribution is -2.50. The third kappa shape index (κ3) is 6.27. The number of anilines is 1. The van der Waals surface area contributed by atoms with E-state index in [1.807, 2.05) is 19.2 Å². The molecule has 1 amide bonds. The maximum Gasteiger partial charge on any atom is 0.263 e. The van der Waals surface area contributed by atoms with Crippen LogP contribution in [0.5, 0.6) is 0 Å². The Kier molecular flexibility index (Phi) is 9.07. The largest absolute Gasteiger partial charge is 0.368 e. The number of hydrogen-bond acceptors (Lipinski definition) is 8. The van der Waals surface area contributed by atoms with Gasteiger partial charge in [-0.3, -0.25) is 28.8 Å². The molecule has 1 aliphatic carbocycles. The third-order valence-corrected chi connectivity index (χ3v) is 10.1. The minimum atomic E-state index is -0.230. The summed E-state index contributed by atoms with van der Waals surface area (Å²) in [7, 11) is 0. The molecule has 3 aliphatic rings. The predicted octanol–water partition coefficient (Wildman–Crippen LogP) is 4.17. The van der Waals surface area contributed by atoms with Crippen LogP contribution in [-0.4, -0.2) is 86.8 Å². The quantitative estimate of drug-likeness (QED) is 0.338. The fourth-order valence-electron chi connectivity index (χ4n) is 7.26. The van der Waals surface area contributed by atoms with Crippen molar-refractivity contribution in [1.82, 2.24) is 29.3 Å². The van der Waals surface area contributed by atoms with Gasteiger partial charge in [-0.2, -0.15) is 0 Å². The first-order valence-corrected chi connectivity index (χ1v) is 16.4. The van der Waals surface area contributed by atoms with Crippen molar-refractivity contribution in [3.63, 3.8) is 0 Å². The molecule has 1 saturated carbocycles. The molecule has 2 aliphatic heterocycles. The molecule has 0 N–H and O–H groups in total. The lowest BCUT2D eigenvalue weighted by atomic mass is 9.94. The van der Waals surface area contributed by atoms with Crippen molar-refractivity contribution in [2.75, 3.05) is 50.7 Å². The van der Waals surface area contributed by atoms with E-state index in [0.717, 1.165) is 101 Å². The summed E-state index contributed by atoms with van der Waals surface area (Å²) < 4.78 is 1.76. The molecule has 10 nitrogen and oxygen atoms in total. The molecule has 0 aromatic carbocycles. The summed E-state index contributed by atoms with van der Waals surface area (Å²) in [5.41, 5.74) is 3.28. The molecule has 3 aromatic heterocycles. The van der Waals surface area contributed by atoms with E-state index in [0.29, 0.717) is 41.7 Å². The first kappa shape index (κ1) is 30.4. The monoisotopic (exact) mass is 599 g/mol. The summed E-state index contributed by atoms with van der Waals surface area (Å²) in [6.45, 7) is 11.9. The minimum absolute atomic E-state index is 0.0603. The summed E-state index contributed by atoms with van der Waals surface area (Å²) in [6, 6.07) is 4.22. The highest BCUT2D eigenvalue weighted by atomic mass is 16.2. The van der Waals surface area contributed by atoms with Crippen LogP contribution in [0.2, 0.25) is 0 Å². The summed E-state index contributed by atoms with van der Waals surface area (Å²) in [6.07, 6.45) is 11.1. The van der Waals surface area contributed by atoms with Crippen LogP contribution in [0.3, 0.4) is 0 Å². The number of aryl methyl sites for hydroxylation is 1. The van der Waals surface area contributed by atoms with E-state index in [4.69, 9.17) is 9.97 Å². The number of carbonyl (C=O) groups excluding carboxylic acids is 2. The molecular formula is C34H45N7O3. The Morgan fingerprint density at radius 2 is 1.73 bits per heavy atom. The lowest BCUT2D eigenvalue weighted by molar-refractivity contribution is -0.135. The van der Waals surface area contributed by atoms with E-state index in [9.17, 15) is 14.4 Å². The maximum atomic E-state index is 13.5. The molecule has 1 atom stereocenters. The number of fused-ring (bicyclic) bond motifs is 1. The van der Waals surface area contributed by atoms with Gasteiger partial charge in [0.05, 0.1) is 23.9 Å². The standard InChI is InChI=1S/C34H45N7O3/c1-4-25-11-12-40(31(43)19-25)18-15-38-13-16-39(17-14-38)28-10-9-26(35-21-28)20-30-36-22-29-23(2)32(24(3)42)34(44)41(33(29)37-30)27-7-5-6-8-27/h9-10,21-22,25,27H,4-8,11-20H2,1-3H3. The first-order chi connectivity index (χ1) is 21.3. The van der Waals surface area contributed by atoms with Crippen molar-refractivity contribution < 1.29 is 9.59 Å². The fourth-order valence-corrected chi connectivity index (χ4v) is 7.26. The topological polar surface area (TPSA) is 105 Å². The van der Waals surface area contributed by atoms with Gasteiger partial charge in [0, 0.05) is 75.6 Å². The number of Topliss-reactive ketones (excluding diaryl/α,β-unsaturated/α-hetero) is 1. The number of nitrogens with zero attached hydrogens (tertiary/aromatic N) is 7. The minimum Gasteiger partial charge on any atom is -0.368 e. The number of aromatic nitrogens is 4. The first-order valence-electron chi connectivity index (χ1n) is 16.4. The summed E-state index contributed by atoms with van der Waals surface area (Å²) in [5.74, 6) is 1.29. The van der Waals surface area contributed by atoms with Crippen LogP contribution >= 0.6 is 0 Å². The highest BCUT2D eigenvalue weighted by Gasteiger charge is 2.27. The number of rotatable bonds is 9. The van der Waals surface area contributed by atoms with Crippen molar-refractivity contribution in [1.29, 1.82) is 0 Å². The van der Waals surface area contributed by atoms with Gasteiger partial charge in [-0.05, 0) is 56.7 Å². The number of hydrogen-bond donors (Lipinski definition) is 0. The van der Waals surface area contributed by atoms with Crippen LogP contribution < -0.4 is 10.5 Å². The third-order valence-electron chi connectivity index (χ3n) is 10.1. The van der Waals surface area contributed by atoms with E-state index in [-0.39, 0.29) is 22.9 Å². The molecular weight excluding hydrogens is 554 g/mol. The highest BCUT2D eigenvalue weighted by Crippen LogP contribution is 2.32. The molecule has 1 unspecified atom stereocenters. The summed E-state index contributed by atoms with van der Waals surface area (Å²) in [4.78, 5) is 59.5. The number of likely N-dealkylation sites (tertiary alicyclic amines) is 1. The number of piperazine rings is 1. The number of pyridine rings is 2. The molecule has 0 bridgehead atoms. The molecule has 5 heterocycles. The van der Waals surface area contributed by atoms with Crippen molar-refractivity contribution in [2.45, 2.75) is 78.2 Å². The second kappa shape index (κ2) is 13.1. The maximum absolute atomic E-state index is 13.5. The van der Waals surface area contributed by atoms with Crippen LogP contribution in [0, 0.1) is 12.8 Å². The zero-order valence-electron chi connectivity index (χ0n) is 26.4. The molecule has 234 valence electrons. The Balaban J connectivity index is 1.09. The molecule has 6 rings (SSSR count). The zero-order valence-corrected chi connectivity index (χ0v) is 26.4. The van der Waals surface area contributed by atoms with E-state index < -0.39 is 0 Å². The lowest BCUT2D eigenvalue weighted by Gasteiger charge is -2.38. The normalized spacial score (nSPS) is 20.2. The molecule has 10 heteroatoms. The molecule has 0 spiro atoms. The van der Waals surface area contributed by atoms with Gasteiger partial charge in [0.1, 0.15) is 11.5 Å². The van der Waals surface area contributed by atoms with Crippen LogP contribution in [-0.2, 0) is 11.2 Å². The Labute approximate surface area is 259 Å². The molecule has 3 aromatic rings. The number of ketones is 1. The molecule has 2 saturated heterocycles. The van der Waals surface area contributed by atoms with Crippen molar-refractivity contribution >= 4 is 28.4 Å². The molecule has 3 fully saturated rings. The summed E-state index contributed by atoms with van der Waals surface area (Å²) in [5, 5.41) is 0.764. The van der Waals surface area contributed by atoms with Crippen molar-refractivity contribution in [3.8, 4) is 0 Å². The van der Waals surface area contributed by atoms with Gasteiger partial charge in [0.15, 0.2) is 5.78 Å². The average molecular weight is 600 g/mol. The van der Waals surface area contributed by atoms with Gasteiger partial charge in [0.25, 0.3) is 5.56 Å². The predicted molar refractivity (Wildman–Crippen MR) is 171 cm³/mol. The fraction of sp³-hybridized carbons (Fsp3) is 0.588. The Morgan fingerprint density at radius 1 is 0.955 bits per heavy atom. The molecule has 0 radical (unpaired) electrons. The highest BCUT2D eigenvalue weighted by molar-refractivity contribution is 5.99. The van der Waals surface area contributed by atoms with Crippen LogP contribution in [0.25, 0.3) is 11.0 Å². The zero-order chi connectivity index (χ0) is 30.8. The van der Waals surface area contributed by atoms with Gasteiger partial charge in [-0.15, -0.1) is 0 Å².